The van der Waals surface area contributed by atoms with Crippen LogP contribution in [-0.2, 0) is 4.79 Å². The second-order valence-electron chi connectivity index (χ2n) is 4.51. The summed E-state index contributed by atoms with van der Waals surface area (Å²) in [4.78, 5) is 11.9. The fourth-order valence-corrected chi connectivity index (χ4v) is 2.48. The van der Waals surface area contributed by atoms with E-state index in [1.165, 1.54) is 0 Å². The lowest BCUT2D eigenvalue weighted by Crippen LogP contribution is -2.22. The molecule has 0 radical (unpaired) electrons. The quantitative estimate of drug-likeness (QED) is 0.819. The number of amides is 1. The molecule has 0 fully saturated rings. The van der Waals surface area contributed by atoms with Gasteiger partial charge in [0.05, 0.1) is 28.0 Å². The van der Waals surface area contributed by atoms with Gasteiger partial charge in [-0.25, -0.2) is 0 Å². The van der Waals surface area contributed by atoms with E-state index in [-0.39, 0.29) is 12.5 Å². The molecule has 3 nitrogen and oxygen atoms in total. The van der Waals surface area contributed by atoms with Crippen LogP contribution in [0.25, 0.3) is 0 Å². The van der Waals surface area contributed by atoms with Crippen LogP contribution < -0.4 is 10.6 Å². The first-order valence-electron chi connectivity index (χ1n) is 6.20. The number of nitrogens with one attached hydrogen (secondary N) is 2. The summed E-state index contributed by atoms with van der Waals surface area (Å²) >= 11 is 17.9. The molecular weight excluding hydrogens is 331 g/mol. The predicted octanol–water partition coefficient (Wildman–Crippen LogP) is 5.01. The number of hydrogen-bond acceptors (Lipinski definition) is 2. The minimum absolute atomic E-state index is 0.0750. The van der Waals surface area contributed by atoms with Gasteiger partial charge in [0.15, 0.2) is 0 Å². The number of hydrogen-bond donors (Lipinski definition) is 2. The van der Waals surface area contributed by atoms with Crippen molar-refractivity contribution in [3.63, 3.8) is 0 Å². The highest BCUT2D eigenvalue weighted by molar-refractivity contribution is 6.36. The number of anilines is 2. The third kappa shape index (κ3) is 4.53. The van der Waals surface area contributed by atoms with Crippen LogP contribution in [0.2, 0.25) is 15.1 Å². The van der Waals surface area contributed by atoms with E-state index in [0.29, 0.717) is 26.4 Å². The van der Waals surface area contributed by atoms with Gasteiger partial charge >= 0.3 is 0 Å². The average molecular weight is 344 g/mol. The van der Waals surface area contributed by atoms with E-state index in [0.717, 1.165) is 5.56 Å². The van der Waals surface area contributed by atoms with Gasteiger partial charge in [-0.3, -0.25) is 4.79 Å². The van der Waals surface area contributed by atoms with Crippen LogP contribution in [0.1, 0.15) is 5.56 Å². The molecule has 0 atom stereocenters. The molecule has 2 aromatic rings. The Balaban J connectivity index is 1.96. The van der Waals surface area contributed by atoms with Crippen LogP contribution in [0.15, 0.2) is 36.4 Å². The fraction of sp³-hybridized carbons (Fsp3) is 0.133. The Hall–Kier alpha value is -1.42. The Morgan fingerprint density at radius 3 is 2.33 bits per heavy atom. The normalized spacial score (nSPS) is 10.3. The van der Waals surface area contributed by atoms with Gasteiger partial charge in [-0.05, 0) is 42.8 Å². The SMILES string of the molecule is Cc1ccc(NC(=O)CNc2ccc(Cl)cc2Cl)c(Cl)c1. The van der Waals surface area contributed by atoms with Gasteiger partial charge in [-0.1, -0.05) is 40.9 Å². The Kier molecular flexibility index (Phi) is 5.34. The van der Waals surface area contributed by atoms with Gasteiger partial charge in [0.25, 0.3) is 0 Å². The van der Waals surface area contributed by atoms with Crippen molar-refractivity contribution in [3.05, 3.63) is 57.0 Å². The lowest BCUT2D eigenvalue weighted by molar-refractivity contribution is -0.114. The van der Waals surface area contributed by atoms with Crippen molar-refractivity contribution in [1.29, 1.82) is 0 Å². The van der Waals surface area contributed by atoms with E-state index >= 15 is 0 Å². The predicted molar refractivity (Wildman–Crippen MR) is 89.8 cm³/mol. The van der Waals surface area contributed by atoms with Gasteiger partial charge in [-0.15, -0.1) is 0 Å². The van der Waals surface area contributed by atoms with E-state index in [1.54, 1.807) is 30.3 Å². The highest BCUT2D eigenvalue weighted by atomic mass is 35.5. The third-order valence-corrected chi connectivity index (χ3v) is 3.63. The highest BCUT2D eigenvalue weighted by Gasteiger charge is 2.07. The molecule has 0 spiro atoms. The second kappa shape index (κ2) is 7.03. The molecule has 0 bridgehead atoms. The van der Waals surface area contributed by atoms with Crippen LogP contribution >= 0.6 is 34.8 Å². The van der Waals surface area contributed by atoms with Crippen LogP contribution in [0.4, 0.5) is 11.4 Å². The molecule has 0 saturated carbocycles. The summed E-state index contributed by atoms with van der Waals surface area (Å²) in [6.07, 6.45) is 0. The molecule has 0 aliphatic rings. The first kappa shape index (κ1) is 16.0. The summed E-state index contributed by atoms with van der Waals surface area (Å²) in [6, 6.07) is 10.5. The van der Waals surface area contributed by atoms with Crippen LogP contribution in [0, 0.1) is 6.92 Å². The van der Waals surface area contributed by atoms with E-state index in [2.05, 4.69) is 10.6 Å². The Labute approximate surface area is 138 Å². The maximum absolute atomic E-state index is 11.9. The van der Waals surface area contributed by atoms with Crippen LogP contribution in [0.3, 0.4) is 0 Å². The van der Waals surface area contributed by atoms with E-state index in [4.69, 9.17) is 34.8 Å². The minimum atomic E-state index is -0.216. The first-order valence-corrected chi connectivity index (χ1v) is 7.34. The molecule has 21 heavy (non-hydrogen) atoms. The third-order valence-electron chi connectivity index (χ3n) is 2.77. The lowest BCUT2D eigenvalue weighted by atomic mass is 10.2. The smallest absolute Gasteiger partial charge is 0.243 e. The summed E-state index contributed by atoms with van der Waals surface area (Å²) in [5.74, 6) is -0.216. The van der Waals surface area contributed by atoms with Crippen molar-refractivity contribution in [2.45, 2.75) is 6.92 Å². The van der Waals surface area contributed by atoms with Crippen molar-refractivity contribution in [3.8, 4) is 0 Å². The maximum Gasteiger partial charge on any atom is 0.243 e. The van der Waals surface area contributed by atoms with Gasteiger partial charge in [-0.2, -0.15) is 0 Å². The van der Waals surface area contributed by atoms with E-state index in [1.807, 2.05) is 13.0 Å². The zero-order valence-corrected chi connectivity index (χ0v) is 13.5. The summed E-state index contributed by atoms with van der Waals surface area (Å²) in [7, 11) is 0. The maximum atomic E-state index is 11.9. The number of carbonyl (C=O) groups is 1. The van der Waals surface area contributed by atoms with Crippen molar-refractivity contribution in [1.82, 2.24) is 0 Å². The van der Waals surface area contributed by atoms with Gasteiger partial charge in [0.2, 0.25) is 5.91 Å². The Bertz CT molecular complexity index is 674. The minimum Gasteiger partial charge on any atom is -0.375 e. The molecular formula is C15H13Cl3N2O. The zero-order valence-electron chi connectivity index (χ0n) is 11.2. The Morgan fingerprint density at radius 2 is 1.67 bits per heavy atom. The van der Waals surface area contributed by atoms with Crippen LogP contribution in [0.5, 0.6) is 0 Å². The molecule has 0 aliphatic carbocycles. The number of benzene rings is 2. The zero-order chi connectivity index (χ0) is 15.4. The van der Waals surface area contributed by atoms with Crippen molar-refractivity contribution in [2.24, 2.45) is 0 Å². The first-order chi connectivity index (χ1) is 9.95. The van der Waals surface area contributed by atoms with Crippen molar-refractivity contribution in [2.75, 3.05) is 17.2 Å². The van der Waals surface area contributed by atoms with E-state index in [9.17, 15) is 4.79 Å². The molecule has 2 rings (SSSR count). The molecule has 0 heterocycles. The molecule has 0 unspecified atom stereocenters. The highest BCUT2D eigenvalue weighted by Crippen LogP contribution is 2.25. The summed E-state index contributed by atoms with van der Waals surface area (Å²) in [5.41, 5.74) is 2.26. The fourth-order valence-electron chi connectivity index (χ4n) is 1.72. The molecule has 2 N–H and O–H groups in total. The van der Waals surface area contributed by atoms with Gasteiger partial charge in [0.1, 0.15) is 0 Å². The average Bonchev–Trinajstić information content (AvgIpc) is 2.41. The number of carbonyl (C=O) groups excluding carboxylic acids is 1. The van der Waals surface area contributed by atoms with Crippen molar-refractivity contribution < 1.29 is 4.79 Å². The number of rotatable bonds is 4. The van der Waals surface area contributed by atoms with Crippen molar-refractivity contribution >= 4 is 52.1 Å². The van der Waals surface area contributed by atoms with E-state index < -0.39 is 0 Å². The van der Waals surface area contributed by atoms with Crippen LogP contribution in [-0.4, -0.2) is 12.5 Å². The van der Waals surface area contributed by atoms with Gasteiger partial charge < -0.3 is 10.6 Å². The number of halogens is 3. The number of aryl methyl sites for hydroxylation is 1. The largest absolute Gasteiger partial charge is 0.375 e. The summed E-state index contributed by atoms with van der Waals surface area (Å²) < 4.78 is 0. The molecule has 2 aromatic carbocycles. The molecule has 0 aromatic heterocycles. The topological polar surface area (TPSA) is 41.1 Å². The molecule has 1 amide bonds. The van der Waals surface area contributed by atoms with Gasteiger partial charge in [0, 0.05) is 5.02 Å². The Morgan fingerprint density at radius 1 is 1.00 bits per heavy atom. The summed E-state index contributed by atoms with van der Waals surface area (Å²) in [5, 5.41) is 7.19. The molecule has 110 valence electrons. The summed E-state index contributed by atoms with van der Waals surface area (Å²) in [6.45, 7) is 2.01. The monoisotopic (exact) mass is 342 g/mol. The standard InChI is InChI=1S/C15H13Cl3N2O/c1-9-2-4-14(11(17)6-9)20-15(21)8-19-13-5-3-10(16)7-12(13)18/h2-7,19H,8H2,1H3,(H,20,21). The molecule has 6 heteroatoms. The molecule has 0 aliphatic heterocycles. The second-order valence-corrected chi connectivity index (χ2v) is 5.76. The lowest BCUT2D eigenvalue weighted by Gasteiger charge is -2.10. The molecule has 0 saturated heterocycles.